The molecule has 2 N–H and O–H groups in total. The molecule has 0 atom stereocenters. The van der Waals surface area contributed by atoms with Crippen LogP contribution in [0.2, 0.25) is 5.15 Å². The van der Waals surface area contributed by atoms with E-state index in [1.165, 1.54) is 25.6 Å². The summed E-state index contributed by atoms with van der Waals surface area (Å²) in [6.07, 6.45) is 2.78. The van der Waals surface area contributed by atoms with E-state index in [4.69, 9.17) is 16.3 Å². The number of benzene rings is 1. The van der Waals surface area contributed by atoms with Crippen molar-refractivity contribution in [3.8, 4) is 11.5 Å². The van der Waals surface area contributed by atoms with E-state index < -0.39 is 5.91 Å². The largest absolute Gasteiger partial charge is 0.504 e. The minimum atomic E-state index is -0.504. The number of hydrazone groups is 1. The summed E-state index contributed by atoms with van der Waals surface area (Å²) in [4.78, 5) is 15.7. The highest BCUT2D eigenvalue weighted by Crippen LogP contribution is 2.32. The van der Waals surface area contributed by atoms with Crippen molar-refractivity contribution < 1.29 is 14.6 Å². The van der Waals surface area contributed by atoms with Crippen LogP contribution in [0.25, 0.3) is 0 Å². The van der Waals surface area contributed by atoms with Crippen LogP contribution in [0, 0.1) is 0 Å². The van der Waals surface area contributed by atoms with E-state index in [0.717, 1.165) is 0 Å². The number of nitrogens with zero attached hydrogens (tertiary/aromatic N) is 2. The maximum atomic E-state index is 11.9. The summed E-state index contributed by atoms with van der Waals surface area (Å²) < 4.78 is 5.72. The van der Waals surface area contributed by atoms with Gasteiger partial charge in [-0.2, -0.15) is 5.10 Å². The SMILES string of the molecule is COc1cc(Br)cc(/C=N/NC(=O)c2cccnc2Cl)c1O. The fourth-order valence-electron chi connectivity index (χ4n) is 1.62. The predicted octanol–water partition coefficient (Wildman–Crippen LogP) is 2.98. The fourth-order valence-corrected chi connectivity index (χ4v) is 2.28. The molecule has 114 valence electrons. The number of phenols is 1. The Balaban J connectivity index is 2.15. The Morgan fingerprint density at radius 2 is 2.32 bits per heavy atom. The van der Waals surface area contributed by atoms with E-state index in [0.29, 0.717) is 10.0 Å². The lowest BCUT2D eigenvalue weighted by molar-refractivity contribution is 0.0955. The van der Waals surface area contributed by atoms with Gasteiger partial charge < -0.3 is 9.84 Å². The Labute approximate surface area is 139 Å². The molecule has 1 amide bonds. The molecule has 0 radical (unpaired) electrons. The van der Waals surface area contributed by atoms with Crippen LogP contribution in [0.4, 0.5) is 0 Å². The summed E-state index contributed by atoms with van der Waals surface area (Å²) in [5.74, 6) is -0.295. The second-order valence-corrected chi connectivity index (χ2v) is 5.36. The molecule has 0 spiro atoms. The van der Waals surface area contributed by atoms with E-state index in [1.54, 1.807) is 18.2 Å². The van der Waals surface area contributed by atoms with Gasteiger partial charge in [0, 0.05) is 16.2 Å². The number of amides is 1. The molecule has 0 aliphatic heterocycles. The maximum Gasteiger partial charge on any atom is 0.274 e. The van der Waals surface area contributed by atoms with Crippen molar-refractivity contribution in [3.63, 3.8) is 0 Å². The van der Waals surface area contributed by atoms with E-state index in [2.05, 4.69) is 31.4 Å². The van der Waals surface area contributed by atoms with Gasteiger partial charge in [0.1, 0.15) is 5.15 Å². The molecular formula is C14H11BrClN3O3. The number of hydrogen-bond acceptors (Lipinski definition) is 5. The lowest BCUT2D eigenvalue weighted by atomic mass is 10.2. The molecule has 0 fully saturated rings. The van der Waals surface area contributed by atoms with E-state index in [-0.39, 0.29) is 22.2 Å². The summed E-state index contributed by atoms with van der Waals surface area (Å²) in [6.45, 7) is 0. The average molecular weight is 385 g/mol. The molecule has 1 aromatic heterocycles. The average Bonchev–Trinajstić information content (AvgIpc) is 2.50. The van der Waals surface area contributed by atoms with E-state index >= 15 is 0 Å². The quantitative estimate of drug-likeness (QED) is 0.482. The highest BCUT2D eigenvalue weighted by atomic mass is 79.9. The Morgan fingerprint density at radius 3 is 3.00 bits per heavy atom. The highest BCUT2D eigenvalue weighted by Gasteiger charge is 2.10. The first-order valence-corrected chi connectivity index (χ1v) is 7.20. The second-order valence-electron chi connectivity index (χ2n) is 4.09. The second kappa shape index (κ2) is 7.24. The molecule has 2 aromatic rings. The molecule has 6 nitrogen and oxygen atoms in total. The van der Waals surface area contributed by atoms with Crippen molar-refractivity contribution in [2.75, 3.05) is 7.11 Å². The monoisotopic (exact) mass is 383 g/mol. The minimum Gasteiger partial charge on any atom is -0.504 e. The van der Waals surface area contributed by atoms with Gasteiger partial charge in [-0.05, 0) is 24.3 Å². The zero-order chi connectivity index (χ0) is 16.1. The smallest absolute Gasteiger partial charge is 0.274 e. The van der Waals surface area contributed by atoms with Gasteiger partial charge in [-0.25, -0.2) is 10.4 Å². The number of carbonyl (C=O) groups excluding carboxylic acids is 1. The number of phenolic OH excluding ortho intramolecular Hbond substituents is 1. The zero-order valence-electron chi connectivity index (χ0n) is 11.4. The Kier molecular flexibility index (Phi) is 5.35. The Morgan fingerprint density at radius 1 is 1.55 bits per heavy atom. The first kappa shape index (κ1) is 16.3. The summed E-state index contributed by atoms with van der Waals surface area (Å²) >= 11 is 9.10. The summed E-state index contributed by atoms with van der Waals surface area (Å²) in [5.41, 5.74) is 2.90. The van der Waals surface area contributed by atoms with Crippen LogP contribution in [0.3, 0.4) is 0 Å². The third kappa shape index (κ3) is 3.75. The lowest BCUT2D eigenvalue weighted by Crippen LogP contribution is -2.18. The number of hydrogen-bond donors (Lipinski definition) is 2. The minimum absolute atomic E-state index is 0.0805. The zero-order valence-corrected chi connectivity index (χ0v) is 13.7. The lowest BCUT2D eigenvalue weighted by Gasteiger charge is -2.06. The molecule has 2 rings (SSSR count). The summed E-state index contributed by atoms with van der Waals surface area (Å²) in [7, 11) is 1.44. The van der Waals surface area contributed by atoms with Crippen LogP contribution in [0.15, 0.2) is 40.0 Å². The van der Waals surface area contributed by atoms with Crippen LogP contribution < -0.4 is 10.2 Å². The van der Waals surface area contributed by atoms with Gasteiger partial charge >= 0.3 is 0 Å². The number of carbonyl (C=O) groups is 1. The van der Waals surface area contributed by atoms with E-state index in [9.17, 15) is 9.90 Å². The standard InChI is InChI=1S/C14H11BrClN3O3/c1-22-11-6-9(15)5-8(12(11)20)7-18-19-14(21)10-3-2-4-17-13(10)16/h2-7,20H,1H3,(H,19,21)/b18-7+. The summed E-state index contributed by atoms with van der Waals surface area (Å²) in [5, 5.41) is 13.8. The molecule has 8 heteroatoms. The fraction of sp³-hybridized carbons (Fsp3) is 0.0714. The number of aromatic hydroxyl groups is 1. The number of halogens is 2. The van der Waals surface area contributed by atoms with Crippen molar-refractivity contribution >= 4 is 39.7 Å². The molecule has 1 heterocycles. The van der Waals surface area contributed by atoms with Crippen molar-refractivity contribution in [2.24, 2.45) is 5.10 Å². The van der Waals surface area contributed by atoms with Gasteiger partial charge in [-0.15, -0.1) is 0 Å². The molecular weight excluding hydrogens is 374 g/mol. The number of pyridine rings is 1. The molecule has 0 aliphatic rings. The van der Waals surface area contributed by atoms with Gasteiger partial charge in [0.25, 0.3) is 5.91 Å². The number of ether oxygens (including phenoxy) is 1. The third-order valence-electron chi connectivity index (χ3n) is 2.66. The van der Waals surface area contributed by atoms with Crippen molar-refractivity contribution in [1.82, 2.24) is 10.4 Å². The van der Waals surface area contributed by atoms with Crippen LogP contribution in [0.5, 0.6) is 11.5 Å². The van der Waals surface area contributed by atoms with Gasteiger partial charge in [0.05, 0.1) is 18.9 Å². The van der Waals surface area contributed by atoms with Crippen molar-refractivity contribution in [1.29, 1.82) is 0 Å². The molecule has 0 saturated carbocycles. The molecule has 0 saturated heterocycles. The molecule has 0 unspecified atom stereocenters. The Bertz CT molecular complexity index is 737. The molecule has 0 aliphatic carbocycles. The number of nitrogens with one attached hydrogen (secondary N) is 1. The van der Waals surface area contributed by atoms with E-state index in [1.807, 2.05) is 0 Å². The van der Waals surface area contributed by atoms with Gasteiger partial charge in [0.15, 0.2) is 11.5 Å². The van der Waals surface area contributed by atoms with Crippen LogP contribution in [-0.4, -0.2) is 29.3 Å². The first-order valence-electron chi connectivity index (χ1n) is 6.03. The first-order chi connectivity index (χ1) is 10.5. The normalized spacial score (nSPS) is 10.7. The van der Waals surface area contributed by atoms with Crippen LogP contribution in [0.1, 0.15) is 15.9 Å². The predicted molar refractivity (Wildman–Crippen MR) is 86.7 cm³/mol. The van der Waals surface area contributed by atoms with Gasteiger partial charge in [-0.3, -0.25) is 4.79 Å². The van der Waals surface area contributed by atoms with Crippen LogP contribution in [-0.2, 0) is 0 Å². The summed E-state index contributed by atoms with van der Waals surface area (Å²) in [6, 6.07) is 6.36. The number of aromatic nitrogens is 1. The Hall–Kier alpha value is -2.12. The van der Waals surface area contributed by atoms with Gasteiger partial charge in [-0.1, -0.05) is 27.5 Å². The third-order valence-corrected chi connectivity index (χ3v) is 3.42. The highest BCUT2D eigenvalue weighted by molar-refractivity contribution is 9.10. The maximum absolute atomic E-state index is 11.9. The number of rotatable bonds is 4. The molecule has 1 aromatic carbocycles. The molecule has 22 heavy (non-hydrogen) atoms. The molecule has 0 bridgehead atoms. The topological polar surface area (TPSA) is 83.8 Å². The van der Waals surface area contributed by atoms with Crippen molar-refractivity contribution in [3.05, 3.63) is 51.2 Å². The van der Waals surface area contributed by atoms with Crippen LogP contribution >= 0.6 is 27.5 Å². The van der Waals surface area contributed by atoms with Crippen molar-refractivity contribution in [2.45, 2.75) is 0 Å². The number of methoxy groups -OCH3 is 1. The van der Waals surface area contributed by atoms with Gasteiger partial charge in [0.2, 0.25) is 0 Å².